The number of benzene rings is 2. The summed E-state index contributed by atoms with van der Waals surface area (Å²) < 4.78 is 1.05. The third kappa shape index (κ3) is 3.01. The minimum Gasteiger partial charge on any atom is -0.308 e. The highest BCUT2D eigenvalue weighted by Gasteiger charge is 2.12. The Morgan fingerprint density at radius 1 is 1.10 bits per heavy atom. The predicted octanol–water partition coefficient (Wildman–Crippen LogP) is 5.51. The van der Waals surface area contributed by atoms with Crippen molar-refractivity contribution in [3.05, 3.63) is 59.1 Å². The first-order chi connectivity index (χ1) is 10.1. The monoisotopic (exact) mass is 316 g/mol. The molecule has 5 heteroatoms. The maximum Gasteiger partial charge on any atom is 0.324 e. The number of amides is 2. The summed E-state index contributed by atoms with van der Waals surface area (Å²) in [7, 11) is 0. The number of hydrogen-bond acceptors (Lipinski definition) is 2. The lowest BCUT2D eigenvalue weighted by molar-refractivity contribution is 0.262. The Morgan fingerprint density at radius 3 is 2.67 bits per heavy atom. The molecule has 0 unspecified atom stereocenters. The number of carbonyl (C=O) groups is 1. The Hall–Kier alpha value is -2.04. The van der Waals surface area contributed by atoms with E-state index in [2.05, 4.69) is 10.6 Å². The molecule has 3 nitrogen and oxygen atoms in total. The molecule has 3 rings (SSSR count). The SMILES string of the molecule is Cc1cccc(NC(=O)Nc2sc3ccccc3c2Cl)c1. The van der Waals surface area contributed by atoms with Gasteiger partial charge in [-0.15, -0.1) is 11.3 Å². The van der Waals surface area contributed by atoms with Crippen LogP contribution in [-0.2, 0) is 0 Å². The van der Waals surface area contributed by atoms with E-state index < -0.39 is 0 Å². The first kappa shape index (κ1) is 13.9. The third-order valence-corrected chi connectivity index (χ3v) is 4.63. The van der Waals surface area contributed by atoms with Crippen molar-refractivity contribution in [3.63, 3.8) is 0 Å². The average Bonchev–Trinajstić information content (AvgIpc) is 2.76. The molecule has 0 aliphatic carbocycles. The molecule has 1 aromatic heterocycles. The van der Waals surface area contributed by atoms with Crippen LogP contribution in [0.25, 0.3) is 10.1 Å². The van der Waals surface area contributed by atoms with Crippen LogP contribution in [0, 0.1) is 6.92 Å². The molecule has 0 aliphatic heterocycles. The van der Waals surface area contributed by atoms with Crippen molar-refractivity contribution in [1.82, 2.24) is 0 Å². The van der Waals surface area contributed by atoms with E-state index in [1.54, 1.807) is 0 Å². The largest absolute Gasteiger partial charge is 0.324 e. The highest BCUT2D eigenvalue weighted by atomic mass is 35.5. The van der Waals surface area contributed by atoms with Crippen molar-refractivity contribution >= 4 is 49.7 Å². The molecule has 0 aliphatic rings. The lowest BCUT2D eigenvalue weighted by atomic mass is 10.2. The van der Waals surface area contributed by atoms with Gasteiger partial charge in [-0.3, -0.25) is 5.32 Å². The zero-order chi connectivity index (χ0) is 14.8. The summed E-state index contributed by atoms with van der Waals surface area (Å²) in [6, 6.07) is 15.1. The summed E-state index contributed by atoms with van der Waals surface area (Å²) in [5.74, 6) is 0. The number of anilines is 2. The van der Waals surface area contributed by atoms with Gasteiger partial charge in [-0.1, -0.05) is 41.9 Å². The van der Waals surface area contributed by atoms with Gasteiger partial charge >= 0.3 is 6.03 Å². The van der Waals surface area contributed by atoms with Gasteiger partial charge < -0.3 is 5.32 Å². The molecule has 0 saturated carbocycles. The second kappa shape index (κ2) is 5.76. The van der Waals surface area contributed by atoms with Gasteiger partial charge in [0.1, 0.15) is 5.00 Å². The van der Waals surface area contributed by atoms with Crippen LogP contribution < -0.4 is 10.6 Å². The first-order valence-electron chi connectivity index (χ1n) is 6.45. The third-order valence-electron chi connectivity index (χ3n) is 3.04. The van der Waals surface area contributed by atoms with E-state index in [-0.39, 0.29) is 6.03 Å². The van der Waals surface area contributed by atoms with E-state index in [1.807, 2.05) is 55.5 Å². The first-order valence-corrected chi connectivity index (χ1v) is 7.64. The number of aryl methyl sites for hydroxylation is 1. The van der Waals surface area contributed by atoms with Crippen LogP contribution in [0.5, 0.6) is 0 Å². The van der Waals surface area contributed by atoms with Gasteiger partial charge in [0.05, 0.1) is 5.02 Å². The maximum atomic E-state index is 12.0. The van der Waals surface area contributed by atoms with E-state index in [4.69, 9.17) is 11.6 Å². The van der Waals surface area contributed by atoms with Crippen molar-refractivity contribution < 1.29 is 4.79 Å². The molecule has 0 saturated heterocycles. The fourth-order valence-corrected chi connectivity index (χ4v) is 3.46. The van der Waals surface area contributed by atoms with E-state index in [0.29, 0.717) is 10.0 Å². The van der Waals surface area contributed by atoms with Crippen molar-refractivity contribution in [2.45, 2.75) is 6.92 Å². The predicted molar refractivity (Wildman–Crippen MR) is 90.7 cm³/mol. The Bertz CT molecular complexity index is 813. The van der Waals surface area contributed by atoms with Crippen molar-refractivity contribution in [2.24, 2.45) is 0 Å². The molecule has 1 heterocycles. The van der Waals surface area contributed by atoms with Gasteiger partial charge in [0.2, 0.25) is 0 Å². The zero-order valence-electron chi connectivity index (χ0n) is 11.3. The molecule has 0 radical (unpaired) electrons. The fourth-order valence-electron chi connectivity index (χ4n) is 2.08. The van der Waals surface area contributed by atoms with E-state index in [0.717, 1.165) is 21.3 Å². The fraction of sp³-hybridized carbons (Fsp3) is 0.0625. The summed E-state index contributed by atoms with van der Waals surface area (Å²) >= 11 is 7.76. The molecule has 2 aromatic carbocycles. The molecule has 106 valence electrons. The molecule has 0 bridgehead atoms. The molecule has 3 aromatic rings. The summed E-state index contributed by atoms with van der Waals surface area (Å²) in [5.41, 5.74) is 1.84. The highest BCUT2D eigenvalue weighted by Crippen LogP contribution is 2.39. The number of thiophene rings is 1. The van der Waals surface area contributed by atoms with E-state index in [9.17, 15) is 4.79 Å². The zero-order valence-corrected chi connectivity index (χ0v) is 12.9. The second-order valence-electron chi connectivity index (χ2n) is 4.69. The van der Waals surface area contributed by atoms with Crippen LogP contribution in [0.15, 0.2) is 48.5 Å². The normalized spacial score (nSPS) is 10.6. The van der Waals surface area contributed by atoms with Crippen molar-refractivity contribution in [3.8, 4) is 0 Å². The van der Waals surface area contributed by atoms with Crippen LogP contribution in [0.4, 0.5) is 15.5 Å². The van der Waals surface area contributed by atoms with Crippen LogP contribution >= 0.6 is 22.9 Å². The van der Waals surface area contributed by atoms with Gasteiger partial charge in [0.15, 0.2) is 0 Å². The summed E-state index contributed by atoms with van der Waals surface area (Å²) in [6.07, 6.45) is 0. The number of hydrogen-bond donors (Lipinski definition) is 2. The van der Waals surface area contributed by atoms with Gasteiger partial charge in [0.25, 0.3) is 0 Å². The average molecular weight is 317 g/mol. The smallest absolute Gasteiger partial charge is 0.308 e. The summed E-state index contributed by atoms with van der Waals surface area (Å²) in [4.78, 5) is 12.0. The van der Waals surface area contributed by atoms with Crippen molar-refractivity contribution in [2.75, 3.05) is 10.6 Å². The molecule has 0 atom stereocenters. The molecule has 2 N–H and O–H groups in total. The van der Waals surface area contributed by atoms with Crippen molar-refractivity contribution in [1.29, 1.82) is 0 Å². The number of nitrogens with one attached hydrogen (secondary N) is 2. The minimum absolute atomic E-state index is 0.297. The Morgan fingerprint density at radius 2 is 1.90 bits per heavy atom. The minimum atomic E-state index is -0.297. The van der Waals surface area contributed by atoms with Crippen LogP contribution in [0.3, 0.4) is 0 Å². The lowest BCUT2D eigenvalue weighted by Crippen LogP contribution is -2.18. The molecule has 21 heavy (non-hydrogen) atoms. The number of rotatable bonds is 2. The number of carbonyl (C=O) groups excluding carboxylic acids is 1. The summed E-state index contributed by atoms with van der Waals surface area (Å²) in [6.45, 7) is 1.98. The summed E-state index contributed by atoms with van der Waals surface area (Å²) in [5, 5.41) is 7.79. The van der Waals surface area contributed by atoms with Crippen LogP contribution in [0.2, 0.25) is 5.02 Å². The quantitative estimate of drug-likeness (QED) is 0.643. The van der Waals surface area contributed by atoms with Crippen LogP contribution in [0.1, 0.15) is 5.56 Å². The van der Waals surface area contributed by atoms with Gasteiger partial charge in [0, 0.05) is 15.8 Å². The lowest BCUT2D eigenvalue weighted by Gasteiger charge is -2.07. The molecule has 2 amide bonds. The standard InChI is InChI=1S/C16H13ClN2OS/c1-10-5-4-6-11(9-10)18-16(20)19-15-14(17)12-7-2-3-8-13(12)21-15/h2-9H,1H3,(H2,18,19,20). The Balaban J connectivity index is 1.79. The van der Waals surface area contributed by atoms with Crippen LogP contribution in [-0.4, -0.2) is 6.03 Å². The maximum absolute atomic E-state index is 12.0. The second-order valence-corrected chi connectivity index (χ2v) is 6.12. The Labute approximate surface area is 131 Å². The van der Waals surface area contributed by atoms with Gasteiger partial charge in [-0.25, -0.2) is 4.79 Å². The van der Waals surface area contributed by atoms with Gasteiger partial charge in [-0.05, 0) is 30.7 Å². The Kier molecular flexibility index (Phi) is 3.82. The number of urea groups is 1. The molecular formula is C16H13ClN2OS. The number of fused-ring (bicyclic) bond motifs is 1. The molecular weight excluding hydrogens is 304 g/mol. The highest BCUT2D eigenvalue weighted by molar-refractivity contribution is 7.23. The van der Waals surface area contributed by atoms with E-state index >= 15 is 0 Å². The van der Waals surface area contributed by atoms with E-state index in [1.165, 1.54) is 11.3 Å². The van der Waals surface area contributed by atoms with Gasteiger partial charge in [-0.2, -0.15) is 0 Å². The topological polar surface area (TPSA) is 41.1 Å². The molecule has 0 fully saturated rings. The number of halogens is 1. The molecule has 0 spiro atoms.